The van der Waals surface area contributed by atoms with Gasteiger partial charge in [0.2, 0.25) is 0 Å². The number of aromatic amines is 1. The minimum absolute atomic E-state index is 0.159. The third-order valence-electron chi connectivity index (χ3n) is 3.43. The van der Waals surface area contributed by atoms with E-state index >= 15 is 0 Å². The van der Waals surface area contributed by atoms with Crippen molar-refractivity contribution in [2.24, 2.45) is 7.05 Å². The van der Waals surface area contributed by atoms with Gasteiger partial charge in [-0.2, -0.15) is 17.9 Å². The van der Waals surface area contributed by atoms with Crippen molar-refractivity contribution in [3.8, 4) is 11.4 Å². The van der Waals surface area contributed by atoms with Gasteiger partial charge in [0.15, 0.2) is 0 Å². The molecule has 0 saturated heterocycles. The molecule has 0 spiro atoms. The molecule has 0 bridgehead atoms. The van der Waals surface area contributed by atoms with E-state index in [4.69, 9.17) is 0 Å². The van der Waals surface area contributed by atoms with Gasteiger partial charge in [-0.25, -0.2) is 5.10 Å². The van der Waals surface area contributed by atoms with E-state index in [9.17, 15) is 23.6 Å². The first-order valence-electron chi connectivity index (χ1n) is 6.32. The van der Waals surface area contributed by atoms with Crippen LogP contribution >= 0.6 is 0 Å². The number of aryl methyl sites for hydroxylation is 3. The third-order valence-corrected chi connectivity index (χ3v) is 3.43. The summed E-state index contributed by atoms with van der Waals surface area (Å²) in [5, 5.41) is 24.8. The van der Waals surface area contributed by atoms with Crippen LogP contribution in [0.25, 0.3) is 11.4 Å². The van der Waals surface area contributed by atoms with Crippen LogP contribution in [-0.4, -0.2) is 14.8 Å². The highest BCUT2D eigenvalue weighted by molar-refractivity contribution is 5.62. The number of hydrogen-bond acceptors (Lipinski definition) is 3. The number of nitrogens with one attached hydrogen (secondary N) is 1. The van der Waals surface area contributed by atoms with Crippen LogP contribution in [0.15, 0.2) is 6.07 Å². The van der Waals surface area contributed by atoms with Gasteiger partial charge in [-0.05, 0) is 32.4 Å². The fraction of sp³-hybridized carbons (Fsp3) is 0.385. The molecule has 0 aliphatic carbocycles. The molecule has 0 fully saturated rings. The molecule has 0 aromatic carbocycles. The minimum Gasteiger partial charge on any atom is -0.712 e. The average molecular weight is 315 g/mol. The van der Waals surface area contributed by atoms with Gasteiger partial charge >= 0.3 is 11.7 Å². The Morgan fingerprint density at radius 1 is 1.23 bits per heavy atom. The van der Waals surface area contributed by atoms with Crippen molar-refractivity contribution >= 4 is 0 Å². The number of hydrogen-bond donors (Lipinski definition) is 1. The molecule has 0 saturated carbocycles. The maximum atomic E-state index is 12.9. The van der Waals surface area contributed by atoms with Gasteiger partial charge in [-0.3, -0.25) is 9.89 Å². The van der Waals surface area contributed by atoms with Gasteiger partial charge in [-0.1, -0.05) is 0 Å². The molecule has 0 aliphatic heterocycles. The quantitative estimate of drug-likeness (QED) is 0.818. The van der Waals surface area contributed by atoms with Crippen molar-refractivity contribution in [3.63, 3.8) is 0 Å². The van der Waals surface area contributed by atoms with Crippen LogP contribution in [0.5, 0.6) is 0 Å². The number of halogens is 3. The van der Waals surface area contributed by atoms with Crippen molar-refractivity contribution < 1.29 is 13.2 Å². The maximum Gasteiger partial charge on any atom is 0.418 e. The molecule has 22 heavy (non-hydrogen) atoms. The number of nitrogens with zero attached hydrogens (tertiary/aromatic N) is 3. The van der Waals surface area contributed by atoms with Crippen molar-refractivity contribution in [2.75, 3.05) is 0 Å². The topological polar surface area (TPSA) is 82.7 Å². The Morgan fingerprint density at radius 2 is 1.82 bits per heavy atom. The molecular weight excluding hydrogens is 301 g/mol. The first-order chi connectivity index (χ1) is 10.0. The number of H-pyrrole nitrogens is 1. The molecule has 0 unspecified atom stereocenters. The molecule has 9 heteroatoms. The lowest BCUT2D eigenvalue weighted by Crippen LogP contribution is -2.28. The number of pyridine rings is 1. The van der Waals surface area contributed by atoms with E-state index in [0.717, 1.165) is 6.07 Å². The molecule has 6 nitrogen and oxygen atoms in total. The Bertz CT molecular complexity index is 799. The number of aromatic nitrogens is 3. The monoisotopic (exact) mass is 315 g/mol. The molecule has 2 rings (SSSR count). The van der Waals surface area contributed by atoms with E-state index < -0.39 is 16.6 Å². The normalized spacial score (nSPS) is 11.8. The van der Waals surface area contributed by atoms with Crippen LogP contribution in [0.4, 0.5) is 13.2 Å². The first-order valence-corrected chi connectivity index (χ1v) is 6.32. The highest BCUT2D eigenvalue weighted by atomic mass is 19.4. The Morgan fingerprint density at radius 3 is 2.27 bits per heavy atom. The highest BCUT2D eigenvalue weighted by Crippen LogP contribution is 2.34. The summed E-state index contributed by atoms with van der Waals surface area (Å²) < 4.78 is 39.8. The predicted molar refractivity (Wildman–Crippen MR) is 74.2 cm³/mol. The molecule has 2 heterocycles. The molecule has 1 N–H and O–H groups in total. The fourth-order valence-corrected chi connectivity index (χ4v) is 2.40. The van der Waals surface area contributed by atoms with Crippen molar-refractivity contribution in [1.29, 1.82) is 0 Å². The lowest BCUT2D eigenvalue weighted by molar-refractivity contribution is -0.138. The van der Waals surface area contributed by atoms with Crippen LogP contribution in [0.1, 0.15) is 22.4 Å². The van der Waals surface area contributed by atoms with Crippen molar-refractivity contribution in [2.45, 2.75) is 26.9 Å². The summed E-state index contributed by atoms with van der Waals surface area (Å²) in [6.45, 7) is 4.28. The smallest absolute Gasteiger partial charge is 0.418 e. The molecule has 0 aliphatic rings. The maximum absolute atomic E-state index is 12.9. The summed E-state index contributed by atoms with van der Waals surface area (Å²) in [7, 11) is 1.46. The van der Waals surface area contributed by atoms with Gasteiger partial charge in [0.05, 0.1) is 22.5 Å². The summed E-state index contributed by atoms with van der Waals surface area (Å²) in [6.07, 6.45) is -4.48. The standard InChI is InChI=1S/C13H14F3N4O2/c1-6-5-9(13(14,15)16)8(3)17-10(6)11-7(2)12(20(21)22)19(4)18-11/h5,18H,1-4H3/q-1. The van der Waals surface area contributed by atoms with Crippen LogP contribution in [0.2, 0.25) is 0 Å². The summed E-state index contributed by atoms with van der Waals surface area (Å²) in [5.41, 5.74) is 0.0771. The molecule has 0 atom stereocenters. The zero-order valence-corrected chi connectivity index (χ0v) is 12.4. The zero-order chi connectivity index (χ0) is 16.8. The second kappa shape index (κ2) is 5.08. The lowest BCUT2D eigenvalue weighted by atomic mass is 10.0. The van der Waals surface area contributed by atoms with Gasteiger partial charge in [-0.15, -0.1) is 0 Å². The molecule has 2 aromatic heterocycles. The zero-order valence-electron chi connectivity index (χ0n) is 12.4. The molecular formula is C13H14F3N4O2-. The predicted octanol–water partition coefficient (Wildman–Crippen LogP) is 2.13. The van der Waals surface area contributed by atoms with Crippen LogP contribution in [0.3, 0.4) is 0 Å². The van der Waals surface area contributed by atoms with Gasteiger partial charge in [0, 0.05) is 0 Å². The van der Waals surface area contributed by atoms with E-state index in [1.807, 2.05) is 0 Å². The average Bonchev–Trinajstić information content (AvgIpc) is 2.65. The molecule has 0 amide bonds. The number of rotatable bonds is 1. The Balaban J connectivity index is 2.74. The van der Waals surface area contributed by atoms with Crippen molar-refractivity contribution in [3.05, 3.63) is 44.4 Å². The van der Waals surface area contributed by atoms with Crippen LogP contribution in [0, 0.1) is 31.2 Å². The van der Waals surface area contributed by atoms with Gasteiger partial charge in [0.1, 0.15) is 12.7 Å². The summed E-state index contributed by atoms with van der Waals surface area (Å²) in [6, 6.07) is 1.00. The molecule has 0 radical (unpaired) electrons. The minimum atomic E-state index is -4.48. The Hall–Kier alpha value is -2.45. The van der Waals surface area contributed by atoms with E-state index in [0.29, 0.717) is 11.3 Å². The summed E-state index contributed by atoms with van der Waals surface area (Å²) >= 11 is 0. The van der Waals surface area contributed by atoms with Crippen LogP contribution < -0.4 is 10.4 Å². The third kappa shape index (κ3) is 2.53. The van der Waals surface area contributed by atoms with E-state index in [2.05, 4.69) is 10.1 Å². The molecule has 2 aromatic rings. The SMILES string of the molecule is Cc1cc(C(F)(F)F)c(C)nc1-c1[nH]n(C)c(=[N+]([O-])[O-])c1C. The lowest BCUT2D eigenvalue weighted by Gasteiger charge is -2.13. The fourth-order valence-electron chi connectivity index (χ4n) is 2.40. The van der Waals surface area contributed by atoms with E-state index in [1.54, 1.807) is 0 Å². The summed E-state index contributed by atoms with van der Waals surface area (Å²) in [5.74, 6) is 0. The van der Waals surface area contributed by atoms with Crippen LogP contribution in [-0.2, 0) is 13.2 Å². The van der Waals surface area contributed by atoms with Gasteiger partial charge < -0.3 is 10.4 Å². The second-order valence-corrected chi connectivity index (χ2v) is 5.04. The largest absolute Gasteiger partial charge is 0.712 e. The van der Waals surface area contributed by atoms with E-state index in [1.165, 1.54) is 32.5 Å². The van der Waals surface area contributed by atoms with E-state index in [-0.39, 0.29) is 22.4 Å². The summed E-state index contributed by atoms with van der Waals surface area (Å²) in [4.78, 5) is 3.44. The highest BCUT2D eigenvalue weighted by Gasteiger charge is 2.34. The Labute approximate surface area is 123 Å². The van der Waals surface area contributed by atoms with Gasteiger partial charge in [0.25, 0.3) is 0 Å². The molecule has 120 valence electrons. The first kappa shape index (κ1) is 15.9. The number of alkyl halides is 3. The van der Waals surface area contributed by atoms with Crippen molar-refractivity contribution in [1.82, 2.24) is 19.7 Å². The Kier molecular flexibility index (Phi) is 3.68. The second-order valence-electron chi connectivity index (χ2n) is 5.04.